The fourth-order valence-electron chi connectivity index (χ4n) is 2.38. The summed E-state index contributed by atoms with van der Waals surface area (Å²) in [7, 11) is -2.44. The summed E-state index contributed by atoms with van der Waals surface area (Å²) >= 11 is 0. The van der Waals surface area contributed by atoms with Crippen molar-refractivity contribution < 1.29 is 22.8 Å². The first-order valence-corrected chi connectivity index (χ1v) is 9.87. The maximum absolute atomic E-state index is 12.3. The molecule has 0 aliphatic rings. The Labute approximate surface area is 163 Å². The van der Waals surface area contributed by atoms with Crippen molar-refractivity contribution >= 4 is 33.4 Å². The SMILES string of the molecule is CC(=O)N(C)c1ccc(S(=O)(=O)NC(=O)CCc2ccc(C(N)=O)cc2)cc1. The molecule has 0 radical (unpaired) electrons. The van der Waals surface area contributed by atoms with Crippen LogP contribution >= 0.6 is 0 Å². The van der Waals surface area contributed by atoms with Gasteiger partial charge in [-0.2, -0.15) is 0 Å². The molecule has 2 aromatic carbocycles. The Morgan fingerprint density at radius 1 is 1.00 bits per heavy atom. The number of nitrogens with zero attached hydrogens (tertiary/aromatic N) is 1. The van der Waals surface area contributed by atoms with Gasteiger partial charge in [-0.3, -0.25) is 14.4 Å². The van der Waals surface area contributed by atoms with Crippen molar-refractivity contribution in [1.29, 1.82) is 0 Å². The number of rotatable bonds is 7. The maximum atomic E-state index is 12.3. The van der Waals surface area contributed by atoms with Crippen LogP contribution in [-0.2, 0) is 26.0 Å². The van der Waals surface area contributed by atoms with Crippen molar-refractivity contribution in [2.75, 3.05) is 11.9 Å². The number of hydrogen-bond acceptors (Lipinski definition) is 5. The molecule has 0 fully saturated rings. The van der Waals surface area contributed by atoms with Crippen LogP contribution in [0.5, 0.6) is 0 Å². The van der Waals surface area contributed by atoms with E-state index in [1.807, 2.05) is 4.72 Å². The van der Waals surface area contributed by atoms with Crippen LogP contribution in [0.4, 0.5) is 5.69 Å². The second-order valence-corrected chi connectivity index (χ2v) is 7.84. The molecular weight excluding hydrogens is 382 g/mol. The number of anilines is 1. The van der Waals surface area contributed by atoms with Crippen molar-refractivity contribution in [3.8, 4) is 0 Å². The number of aryl methyl sites for hydroxylation is 1. The number of amides is 3. The second kappa shape index (κ2) is 8.66. The maximum Gasteiger partial charge on any atom is 0.264 e. The van der Waals surface area contributed by atoms with Crippen LogP contribution in [0.25, 0.3) is 0 Å². The number of hydrogen-bond donors (Lipinski definition) is 2. The first-order chi connectivity index (χ1) is 13.1. The summed E-state index contributed by atoms with van der Waals surface area (Å²) in [4.78, 5) is 35.7. The van der Waals surface area contributed by atoms with Crippen molar-refractivity contribution in [2.24, 2.45) is 5.73 Å². The Kier molecular flexibility index (Phi) is 6.53. The van der Waals surface area contributed by atoms with Gasteiger partial charge < -0.3 is 10.6 Å². The summed E-state index contributed by atoms with van der Waals surface area (Å²) in [5.74, 6) is -1.38. The van der Waals surface area contributed by atoms with Crippen molar-refractivity contribution in [3.05, 3.63) is 59.7 Å². The summed E-state index contributed by atoms with van der Waals surface area (Å²) in [5.41, 5.74) is 6.83. The lowest BCUT2D eigenvalue weighted by Gasteiger charge is -2.15. The molecule has 3 N–H and O–H groups in total. The van der Waals surface area contributed by atoms with Gasteiger partial charge >= 0.3 is 0 Å². The van der Waals surface area contributed by atoms with Gasteiger partial charge in [0.15, 0.2) is 0 Å². The van der Waals surface area contributed by atoms with Gasteiger partial charge in [-0.1, -0.05) is 12.1 Å². The van der Waals surface area contributed by atoms with Gasteiger partial charge in [0.05, 0.1) is 4.90 Å². The van der Waals surface area contributed by atoms with E-state index in [1.54, 1.807) is 31.3 Å². The second-order valence-electron chi connectivity index (χ2n) is 6.16. The molecule has 0 aliphatic carbocycles. The monoisotopic (exact) mass is 403 g/mol. The van der Waals surface area contributed by atoms with Gasteiger partial charge in [0.25, 0.3) is 10.0 Å². The highest BCUT2D eigenvalue weighted by molar-refractivity contribution is 7.90. The minimum Gasteiger partial charge on any atom is -0.366 e. The van der Waals surface area contributed by atoms with Crippen LogP contribution in [0.2, 0.25) is 0 Å². The quantitative estimate of drug-likeness (QED) is 0.718. The molecule has 0 aromatic heterocycles. The molecule has 0 atom stereocenters. The number of carbonyl (C=O) groups excluding carboxylic acids is 3. The van der Waals surface area contributed by atoms with Crippen molar-refractivity contribution in [3.63, 3.8) is 0 Å². The molecule has 9 heteroatoms. The predicted molar refractivity (Wildman–Crippen MR) is 104 cm³/mol. The van der Waals surface area contributed by atoms with Crippen LogP contribution in [0.1, 0.15) is 29.3 Å². The third kappa shape index (κ3) is 5.40. The van der Waals surface area contributed by atoms with Gasteiger partial charge in [-0.05, 0) is 48.4 Å². The number of carbonyl (C=O) groups is 3. The molecule has 0 aliphatic heterocycles. The topological polar surface area (TPSA) is 127 Å². The average Bonchev–Trinajstić information content (AvgIpc) is 2.65. The van der Waals surface area contributed by atoms with Crippen LogP contribution in [0.3, 0.4) is 0 Å². The average molecular weight is 403 g/mol. The molecule has 8 nitrogen and oxygen atoms in total. The van der Waals surface area contributed by atoms with Crippen LogP contribution in [0, 0.1) is 0 Å². The molecule has 0 unspecified atom stereocenters. The minimum absolute atomic E-state index is 0.0414. The Hall–Kier alpha value is -3.20. The number of nitrogens with one attached hydrogen (secondary N) is 1. The van der Waals surface area contributed by atoms with E-state index < -0.39 is 21.8 Å². The van der Waals surface area contributed by atoms with E-state index in [0.717, 1.165) is 5.56 Å². The Balaban J connectivity index is 1.98. The zero-order valence-corrected chi connectivity index (χ0v) is 16.3. The molecule has 0 saturated carbocycles. The fourth-order valence-corrected chi connectivity index (χ4v) is 3.40. The lowest BCUT2D eigenvalue weighted by molar-refractivity contribution is -0.119. The van der Waals surface area contributed by atoms with Gasteiger partial charge in [0.1, 0.15) is 0 Å². The van der Waals surface area contributed by atoms with E-state index in [1.165, 1.54) is 36.1 Å². The molecule has 0 saturated heterocycles. The van der Waals surface area contributed by atoms with Gasteiger partial charge in [-0.15, -0.1) is 0 Å². The summed E-state index contributed by atoms with van der Waals surface area (Å²) < 4.78 is 26.7. The molecule has 28 heavy (non-hydrogen) atoms. The minimum atomic E-state index is -4.01. The largest absolute Gasteiger partial charge is 0.366 e. The summed E-state index contributed by atoms with van der Waals surface area (Å²) in [6.45, 7) is 1.40. The van der Waals surface area contributed by atoms with E-state index in [0.29, 0.717) is 17.7 Å². The van der Waals surface area contributed by atoms with Crippen LogP contribution in [0.15, 0.2) is 53.4 Å². The molecular formula is C19H21N3O5S. The smallest absolute Gasteiger partial charge is 0.264 e. The van der Waals surface area contributed by atoms with Crippen molar-refractivity contribution in [2.45, 2.75) is 24.7 Å². The predicted octanol–water partition coefficient (Wildman–Crippen LogP) is 1.21. The molecule has 148 valence electrons. The fraction of sp³-hybridized carbons (Fsp3) is 0.211. The third-order valence-corrected chi connectivity index (χ3v) is 5.52. The summed E-state index contributed by atoms with van der Waals surface area (Å²) in [6.07, 6.45) is 0.267. The summed E-state index contributed by atoms with van der Waals surface area (Å²) in [5, 5.41) is 0. The van der Waals surface area contributed by atoms with Crippen LogP contribution in [-0.4, -0.2) is 33.2 Å². The molecule has 3 amide bonds. The van der Waals surface area contributed by atoms with Crippen LogP contribution < -0.4 is 15.4 Å². The number of primary amides is 1. The lowest BCUT2D eigenvalue weighted by Crippen LogP contribution is -2.30. The Morgan fingerprint density at radius 3 is 2.07 bits per heavy atom. The Morgan fingerprint density at radius 2 is 1.57 bits per heavy atom. The zero-order chi connectivity index (χ0) is 20.9. The van der Waals surface area contributed by atoms with Gasteiger partial charge in [0.2, 0.25) is 17.7 Å². The highest BCUT2D eigenvalue weighted by Gasteiger charge is 2.18. The number of benzene rings is 2. The molecule has 0 bridgehead atoms. The van der Waals surface area contributed by atoms with Gasteiger partial charge in [-0.25, -0.2) is 13.1 Å². The molecule has 0 spiro atoms. The number of nitrogens with two attached hydrogens (primary N) is 1. The normalized spacial score (nSPS) is 10.9. The highest BCUT2D eigenvalue weighted by atomic mass is 32.2. The first kappa shape index (κ1) is 21.1. The van der Waals surface area contributed by atoms with E-state index in [4.69, 9.17) is 5.73 Å². The van der Waals surface area contributed by atoms with Gasteiger partial charge in [0, 0.05) is 31.6 Å². The van der Waals surface area contributed by atoms with E-state index in [2.05, 4.69) is 0 Å². The first-order valence-electron chi connectivity index (χ1n) is 8.39. The molecule has 2 aromatic rings. The zero-order valence-electron chi connectivity index (χ0n) is 15.5. The standard InChI is InChI=1S/C19H21N3O5S/c1-13(23)22(2)16-8-10-17(11-9-16)28(26,27)21-18(24)12-5-14-3-6-15(7-4-14)19(20)25/h3-4,6-11H,5,12H2,1-2H3,(H2,20,25)(H,21,24). The van der Waals surface area contributed by atoms with Crippen molar-refractivity contribution in [1.82, 2.24) is 4.72 Å². The molecule has 2 rings (SSSR count). The third-order valence-electron chi connectivity index (χ3n) is 4.13. The summed E-state index contributed by atoms with van der Waals surface area (Å²) in [6, 6.07) is 12.0. The number of sulfonamides is 1. The molecule has 0 heterocycles. The Bertz CT molecular complexity index is 983. The lowest BCUT2D eigenvalue weighted by atomic mass is 10.1. The van der Waals surface area contributed by atoms with E-state index >= 15 is 0 Å². The van der Waals surface area contributed by atoms with E-state index in [-0.39, 0.29) is 17.2 Å². The highest BCUT2D eigenvalue weighted by Crippen LogP contribution is 2.17. The van der Waals surface area contributed by atoms with E-state index in [9.17, 15) is 22.8 Å².